The maximum absolute atomic E-state index is 13.5. The first-order valence-electron chi connectivity index (χ1n) is 11.5. The van der Waals surface area contributed by atoms with E-state index >= 15 is 0 Å². The summed E-state index contributed by atoms with van der Waals surface area (Å²) in [4.78, 5) is 43.3. The van der Waals surface area contributed by atoms with Crippen LogP contribution in [-0.4, -0.2) is 51.1 Å². The van der Waals surface area contributed by atoms with E-state index in [9.17, 15) is 19.5 Å². The van der Waals surface area contributed by atoms with E-state index < -0.39 is 23.8 Å². The number of carbonyl (C=O) groups is 3. The molecule has 3 aromatic rings. The summed E-state index contributed by atoms with van der Waals surface area (Å²) in [6.45, 7) is 5.82. The summed E-state index contributed by atoms with van der Waals surface area (Å²) in [7, 11) is 0. The molecule has 2 aromatic carbocycles. The van der Waals surface area contributed by atoms with E-state index in [4.69, 9.17) is 4.74 Å². The van der Waals surface area contributed by atoms with Gasteiger partial charge in [0.25, 0.3) is 0 Å². The average molecular weight is 498 g/mol. The molecule has 1 aromatic heterocycles. The zero-order chi connectivity index (χ0) is 25.4. The molecule has 1 heterocycles. The molecule has 0 radical (unpaired) electrons. The second-order valence-electron chi connectivity index (χ2n) is 9.19. The molecule has 8 nitrogen and oxygen atoms in total. The number of hydrogen-bond donors (Lipinski definition) is 2. The highest BCUT2D eigenvalue weighted by Gasteiger charge is 2.32. The smallest absolute Gasteiger partial charge is 0.408 e. The van der Waals surface area contributed by atoms with Crippen LogP contribution < -0.4 is 5.32 Å². The van der Waals surface area contributed by atoms with Gasteiger partial charge in [0.2, 0.25) is 5.78 Å². The van der Waals surface area contributed by atoms with Gasteiger partial charge in [0.05, 0.1) is 10.2 Å². The van der Waals surface area contributed by atoms with Gasteiger partial charge in [0, 0.05) is 13.1 Å². The fourth-order valence-electron chi connectivity index (χ4n) is 3.61. The van der Waals surface area contributed by atoms with Crippen LogP contribution in [0.25, 0.3) is 10.2 Å². The Morgan fingerprint density at radius 1 is 1.06 bits per heavy atom. The largest absolute Gasteiger partial charge is 0.465 e. The third-order valence-corrected chi connectivity index (χ3v) is 6.25. The summed E-state index contributed by atoms with van der Waals surface area (Å²) < 4.78 is 6.11. The van der Waals surface area contributed by atoms with Crippen LogP contribution >= 0.6 is 11.3 Å². The number of ketones is 1. The number of fused-ring (bicyclic) bond motifs is 1. The van der Waals surface area contributed by atoms with Gasteiger partial charge in [0.15, 0.2) is 5.01 Å². The summed E-state index contributed by atoms with van der Waals surface area (Å²) in [5.74, 6) is -0.315. The van der Waals surface area contributed by atoms with Gasteiger partial charge >= 0.3 is 12.2 Å². The van der Waals surface area contributed by atoms with E-state index in [1.165, 1.54) is 16.2 Å². The van der Waals surface area contributed by atoms with Crippen LogP contribution in [0.2, 0.25) is 0 Å². The van der Waals surface area contributed by atoms with Gasteiger partial charge in [-0.25, -0.2) is 14.6 Å². The normalized spacial score (nSPS) is 12.2. The lowest BCUT2D eigenvalue weighted by Crippen LogP contribution is -2.44. The summed E-state index contributed by atoms with van der Waals surface area (Å²) in [5, 5.41) is 13.0. The zero-order valence-corrected chi connectivity index (χ0v) is 21.0. The van der Waals surface area contributed by atoms with Gasteiger partial charge < -0.3 is 15.2 Å². The lowest BCUT2D eigenvalue weighted by molar-refractivity contribution is 0.0525. The van der Waals surface area contributed by atoms with E-state index in [-0.39, 0.29) is 12.3 Å². The Morgan fingerprint density at radius 3 is 2.40 bits per heavy atom. The second-order valence-corrected chi connectivity index (χ2v) is 10.2. The lowest BCUT2D eigenvalue weighted by Gasteiger charge is -2.28. The minimum Gasteiger partial charge on any atom is -0.465 e. The Kier molecular flexibility index (Phi) is 8.81. The molecule has 0 unspecified atom stereocenters. The van der Waals surface area contributed by atoms with Crippen molar-refractivity contribution in [3.8, 4) is 0 Å². The fraction of sp³-hybridized carbons (Fsp3) is 0.385. The summed E-state index contributed by atoms with van der Waals surface area (Å²) in [6.07, 6.45) is -0.252. The predicted molar refractivity (Wildman–Crippen MR) is 136 cm³/mol. The van der Waals surface area contributed by atoms with Crippen molar-refractivity contribution in [2.45, 2.75) is 58.2 Å². The van der Waals surface area contributed by atoms with E-state index in [0.29, 0.717) is 36.3 Å². The number of amides is 2. The molecule has 1 atom stereocenters. The Labute approximate surface area is 208 Å². The number of carboxylic acid groups (broad SMARTS) is 1. The first kappa shape index (κ1) is 26.2. The lowest BCUT2D eigenvalue weighted by atomic mass is 10.0. The van der Waals surface area contributed by atoms with Crippen molar-refractivity contribution >= 4 is 39.5 Å². The molecule has 9 heteroatoms. The summed E-state index contributed by atoms with van der Waals surface area (Å²) in [6, 6.07) is 15.8. The van der Waals surface area contributed by atoms with Crippen molar-refractivity contribution in [1.29, 1.82) is 0 Å². The van der Waals surface area contributed by atoms with Gasteiger partial charge in [-0.2, -0.15) is 0 Å². The van der Waals surface area contributed by atoms with Crippen molar-refractivity contribution in [3.63, 3.8) is 0 Å². The molecule has 2 amide bonds. The maximum atomic E-state index is 13.5. The molecule has 186 valence electrons. The monoisotopic (exact) mass is 497 g/mol. The first-order valence-corrected chi connectivity index (χ1v) is 12.4. The molecule has 0 aliphatic heterocycles. The molecule has 35 heavy (non-hydrogen) atoms. The SMILES string of the molecule is CC(C)(C)OC(=O)NCCCC[C@@H](C(=O)c1nc2ccccc2s1)N(Cc1ccccc1)C(=O)O. The number of aromatic nitrogens is 1. The van der Waals surface area contributed by atoms with Gasteiger partial charge in [-0.3, -0.25) is 9.69 Å². The standard InChI is InChI=1S/C26H31N3O5S/c1-26(2,3)34-24(31)27-16-10-9-14-20(29(25(32)33)17-18-11-5-4-6-12-18)22(30)23-28-19-13-7-8-15-21(19)35-23/h4-8,11-13,15,20H,9-10,14,16-17H2,1-3H3,(H,27,31)(H,32,33)/t20-/m0/s1. The summed E-state index contributed by atoms with van der Waals surface area (Å²) >= 11 is 1.27. The molecule has 0 spiro atoms. The number of unbranched alkanes of at least 4 members (excludes halogenated alkanes) is 1. The number of nitrogens with one attached hydrogen (secondary N) is 1. The van der Waals surface area contributed by atoms with Crippen molar-refractivity contribution in [1.82, 2.24) is 15.2 Å². The fourth-order valence-corrected chi connectivity index (χ4v) is 4.56. The number of hydrogen-bond acceptors (Lipinski definition) is 6. The van der Waals surface area contributed by atoms with E-state index in [0.717, 1.165) is 10.3 Å². The predicted octanol–water partition coefficient (Wildman–Crippen LogP) is 5.72. The minimum atomic E-state index is -1.17. The van der Waals surface area contributed by atoms with Gasteiger partial charge in [-0.15, -0.1) is 11.3 Å². The molecule has 0 aliphatic rings. The van der Waals surface area contributed by atoms with Crippen molar-refractivity contribution < 1.29 is 24.2 Å². The number of alkyl carbamates (subject to hydrolysis) is 1. The average Bonchev–Trinajstić information content (AvgIpc) is 3.23. The quantitative estimate of drug-likeness (QED) is 0.274. The van der Waals surface area contributed by atoms with Crippen molar-refractivity contribution in [3.05, 3.63) is 65.2 Å². The van der Waals surface area contributed by atoms with Crippen LogP contribution in [0.15, 0.2) is 54.6 Å². The highest BCUT2D eigenvalue weighted by molar-refractivity contribution is 7.20. The molecular formula is C26H31N3O5S. The Bertz CT molecular complexity index is 1120. The topological polar surface area (TPSA) is 109 Å². The Hall–Kier alpha value is -3.46. The van der Waals surface area contributed by atoms with E-state index in [1.54, 1.807) is 20.8 Å². The van der Waals surface area contributed by atoms with Crippen LogP contribution in [0.4, 0.5) is 9.59 Å². The Balaban J connectivity index is 1.73. The molecule has 0 saturated heterocycles. The molecule has 0 aliphatic carbocycles. The number of thiazole rings is 1. The molecule has 3 rings (SSSR count). The zero-order valence-electron chi connectivity index (χ0n) is 20.2. The number of rotatable bonds is 10. The van der Waals surface area contributed by atoms with Crippen LogP contribution in [0.3, 0.4) is 0 Å². The number of carbonyl (C=O) groups excluding carboxylic acids is 2. The van der Waals surface area contributed by atoms with Gasteiger partial charge in [-0.05, 0) is 57.7 Å². The highest BCUT2D eigenvalue weighted by Crippen LogP contribution is 2.26. The molecular weight excluding hydrogens is 466 g/mol. The number of ether oxygens (including phenoxy) is 1. The highest BCUT2D eigenvalue weighted by atomic mass is 32.1. The summed E-state index contributed by atoms with van der Waals surface area (Å²) in [5.41, 5.74) is 0.924. The second kappa shape index (κ2) is 11.8. The van der Waals surface area contributed by atoms with Crippen molar-refractivity contribution in [2.24, 2.45) is 0 Å². The van der Waals surface area contributed by atoms with Crippen LogP contribution in [0, 0.1) is 0 Å². The van der Waals surface area contributed by atoms with E-state index in [1.807, 2.05) is 54.6 Å². The van der Waals surface area contributed by atoms with Gasteiger partial charge in [0.1, 0.15) is 11.6 Å². The molecule has 0 bridgehead atoms. The third kappa shape index (κ3) is 7.78. The van der Waals surface area contributed by atoms with Crippen molar-refractivity contribution in [2.75, 3.05) is 6.54 Å². The van der Waals surface area contributed by atoms with E-state index in [2.05, 4.69) is 10.3 Å². The van der Waals surface area contributed by atoms with Crippen LogP contribution in [-0.2, 0) is 11.3 Å². The maximum Gasteiger partial charge on any atom is 0.408 e. The molecule has 0 saturated carbocycles. The minimum absolute atomic E-state index is 0.0909. The van der Waals surface area contributed by atoms with Crippen LogP contribution in [0.5, 0.6) is 0 Å². The molecule has 0 fully saturated rings. The Morgan fingerprint density at radius 2 is 1.74 bits per heavy atom. The molecule has 2 N–H and O–H groups in total. The number of para-hydroxylation sites is 1. The van der Waals surface area contributed by atoms with Crippen LogP contribution in [0.1, 0.15) is 55.4 Å². The van der Waals surface area contributed by atoms with Gasteiger partial charge in [-0.1, -0.05) is 42.5 Å². The first-order chi connectivity index (χ1) is 16.6. The number of nitrogens with zero attached hydrogens (tertiary/aromatic N) is 2. The third-order valence-electron chi connectivity index (χ3n) is 5.20. The number of benzene rings is 2. The number of Topliss-reactive ketones (excluding diaryl/α,β-unsaturated/α-hetero) is 1.